The fourth-order valence-electron chi connectivity index (χ4n) is 4.09. The van der Waals surface area contributed by atoms with Crippen LogP contribution in [0.5, 0.6) is 5.75 Å². The highest BCUT2D eigenvalue weighted by molar-refractivity contribution is 6.31. The highest BCUT2D eigenvalue weighted by atomic mass is 35.5. The first kappa shape index (κ1) is 27.4. The van der Waals surface area contributed by atoms with E-state index in [1.54, 1.807) is 36.7 Å². The smallest absolute Gasteiger partial charge is 0.252 e. The maximum Gasteiger partial charge on any atom is 0.252 e. The number of allylic oxidation sites excluding steroid dienone is 1. The molecule has 0 radical (unpaired) electrons. The van der Waals surface area contributed by atoms with Crippen LogP contribution in [0.1, 0.15) is 37.2 Å². The molecule has 1 unspecified atom stereocenters. The summed E-state index contributed by atoms with van der Waals surface area (Å²) in [5, 5.41) is 14.7. The summed E-state index contributed by atoms with van der Waals surface area (Å²) in [7, 11) is 1.49. The van der Waals surface area contributed by atoms with Gasteiger partial charge in [0, 0.05) is 40.3 Å². The molecule has 1 amide bonds. The highest BCUT2D eigenvalue weighted by Gasteiger charge is 2.24. The predicted octanol–water partition coefficient (Wildman–Crippen LogP) is 3.94. The van der Waals surface area contributed by atoms with Crippen molar-refractivity contribution >= 4 is 23.6 Å². The van der Waals surface area contributed by atoms with E-state index in [4.69, 9.17) is 16.3 Å². The van der Waals surface area contributed by atoms with E-state index in [9.17, 15) is 9.59 Å². The van der Waals surface area contributed by atoms with Gasteiger partial charge < -0.3 is 10.1 Å². The van der Waals surface area contributed by atoms with E-state index in [1.807, 2.05) is 13.8 Å². The molecule has 11 nitrogen and oxygen atoms in total. The molecular weight excluding hydrogens is 520 g/mol. The van der Waals surface area contributed by atoms with Crippen molar-refractivity contribution in [1.29, 1.82) is 0 Å². The van der Waals surface area contributed by atoms with Gasteiger partial charge in [0.25, 0.3) is 5.56 Å². The lowest BCUT2D eigenvalue weighted by Crippen LogP contribution is -2.36. The summed E-state index contributed by atoms with van der Waals surface area (Å²) in [6.45, 7) is 7.56. The number of tetrazole rings is 1. The number of halogens is 1. The minimum atomic E-state index is -0.810. The van der Waals surface area contributed by atoms with Gasteiger partial charge in [-0.1, -0.05) is 31.5 Å². The van der Waals surface area contributed by atoms with Gasteiger partial charge in [-0.15, -0.1) is 5.10 Å². The zero-order chi connectivity index (χ0) is 27.9. The Balaban J connectivity index is 1.74. The molecule has 0 aliphatic rings. The van der Waals surface area contributed by atoms with Crippen LogP contribution in [-0.2, 0) is 4.79 Å². The fraction of sp³-hybridized carbons (Fsp3) is 0.222. The molecule has 0 fully saturated rings. The van der Waals surface area contributed by atoms with E-state index in [-0.39, 0.29) is 5.91 Å². The van der Waals surface area contributed by atoms with Gasteiger partial charge in [-0.25, -0.2) is 0 Å². The van der Waals surface area contributed by atoms with E-state index in [0.29, 0.717) is 57.5 Å². The molecule has 4 aromatic rings. The number of ether oxygens (including phenoxy) is 1. The lowest BCUT2D eigenvalue weighted by Gasteiger charge is -2.21. The van der Waals surface area contributed by atoms with Gasteiger partial charge in [0.1, 0.15) is 18.1 Å². The van der Waals surface area contributed by atoms with Crippen LogP contribution in [0.25, 0.3) is 22.9 Å². The minimum Gasteiger partial charge on any atom is -0.495 e. The molecule has 0 bridgehead atoms. The Kier molecular flexibility index (Phi) is 8.62. The molecule has 0 saturated carbocycles. The van der Waals surface area contributed by atoms with Crippen LogP contribution in [0.15, 0.2) is 72.3 Å². The molecule has 0 aliphatic carbocycles. The first-order valence-corrected chi connectivity index (χ1v) is 12.5. The quantitative estimate of drug-likeness (QED) is 0.296. The number of methoxy groups -OCH3 is 1. The molecular formula is C27H27ClN8O3. The third-order valence-electron chi connectivity index (χ3n) is 6.01. The van der Waals surface area contributed by atoms with Gasteiger partial charge in [-0.2, -0.15) is 4.68 Å². The van der Waals surface area contributed by atoms with Crippen molar-refractivity contribution in [2.24, 2.45) is 0 Å². The van der Waals surface area contributed by atoms with Gasteiger partial charge in [-0.05, 0) is 54.1 Å². The summed E-state index contributed by atoms with van der Waals surface area (Å²) < 4.78 is 8.51. The molecule has 1 aromatic carbocycles. The van der Waals surface area contributed by atoms with Crippen molar-refractivity contribution in [3.8, 4) is 22.6 Å². The topological polar surface area (TPSA) is 130 Å². The Morgan fingerprint density at radius 1 is 1.23 bits per heavy atom. The first-order chi connectivity index (χ1) is 18.9. The number of aryl methyl sites for hydroxylation is 1. The number of hydrogen-bond acceptors (Lipinski definition) is 8. The van der Waals surface area contributed by atoms with Gasteiger partial charge in [0.05, 0.1) is 30.4 Å². The van der Waals surface area contributed by atoms with E-state index in [2.05, 4.69) is 37.4 Å². The van der Waals surface area contributed by atoms with Crippen molar-refractivity contribution in [2.75, 3.05) is 7.11 Å². The van der Waals surface area contributed by atoms with Crippen LogP contribution in [-0.4, -0.2) is 47.8 Å². The maximum atomic E-state index is 13.5. The molecule has 4 rings (SSSR count). The zero-order valence-corrected chi connectivity index (χ0v) is 22.5. The summed E-state index contributed by atoms with van der Waals surface area (Å²) in [4.78, 5) is 35.4. The molecule has 12 heteroatoms. The third kappa shape index (κ3) is 6.10. The Morgan fingerprint density at radius 3 is 2.69 bits per heavy atom. The van der Waals surface area contributed by atoms with E-state index in [1.165, 1.54) is 41.0 Å². The van der Waals surface area contributed by atoms with Crippen LogP contribution in [0.2, 0.25) is 5.02 Å². The molecule has 39 heavy (non-hydrogen) atoms. The number of amides is 1. The largest absolute Gasteiger partial charge is 0.495 e. The van der Waals surface area contributed by atoms with Crippen molar-refractivity contribution in [3.63, 3.8) is 0 Å². The minimum absolute atomic E-state index is 0.370. The van der Waals surface area contributed by atoms with Gasteiger partial charge >= 0.3 is 0 Å². The summed E-state index contributed by atoms with van der Waals surface area (Å²) in [5.41, 5.74) is 3.01. The van der Waals surface area contributed by atoms with Crippen LogP contribution in [0, 0.1) is 6.92 Å². The number of carbonyl (C=O) groups excluding carboxylic acids is 1. The van der Waals surface area contributed by atoms with Crippen LogP contribution in [0.4, 0.5) is 0 Å². The van der Waals surface area contributed by atoms with Crippen LogP contribution < -0.4 is 15.6 Å². The molecule has 1 N–H and O–H groups in total. The van der Waals surface area contributed by atoms with Crippen molar-refractivity contribution < 1.29 is 9.53 Å². The number of aromatic nitrogens is 7. The second-order valence-electron chi connectivity index (χ2n) is 8.54. The number of carbonyl (C=O) groups is 1. The fourth-order valence-corrected chi connectivity index (χ4v) is 4.26. The Morgan fingerprint density at radius 2 is 2.03 bits per heavy atom. The number of rotatable bonds is 10. The third-order valence-corrected chi connectivity index (χ3v) is 6.24. The highest BCUT2D eigenvalue weighted by Crippen LogP contribution is 2.35. The lowest BCUT2D eigenvalue weighted by molar-refractivity contribution is -0.123. The number of pyridine rings is 1. The second kappa shape index (κ2) is 12.3. The predicted molar refractivity (Wildman–Crippen MR) is 147 cm³/mol. The van der Waals surface area contributed by atoms with Crippen molar-refractivity contribution in [1.82, 2.24) is 40.1 Å². The average molecular weight is 547 g/mol. The Labute approximate surface area is 229 Å². The van der Waals surface area contributed by atoms with E-state index < -0.39 is 11.6 Å². The molecule has 1 atom stereocenters. The van der Waals surface area contributed by atoms with Gasteiger partial charge in [0.15, 0.2) is 0 Å². The van der Waals surface area contributed by atoms with E-state index >= 15 is 0 Å². The molecule has 3 heterocycles. The molecule has 0 aliphatic heterocycles. The van der Waals surface area contributed by atoms with Gasteiger partial charge in [-0.3, -0.25) is 24.1 Å². The normalized spacial score (nSPS) is 12.2. The maximum absolute atomic E-state index is 13.5. The SMILES string of the molecule is C=C/C(=C\c1nccnc1C)NC(=O)C(CCC)n1cc(OC)c(-c2cc(Cl)ccc2-n2cnnn2)cc1=O. The monoisotopic (exact) mass is 546 g/mol. The Hall–Kier alpha value is -4.64. The zero-order valence-electron chi connectivity index (χ0n) is 21.7. The summed E-state index contributed by atoms with van der Waals surface area (Å²) >= 11 is 6.30. The number of nitrogens with one attached hydrogen (secondary N) is 1. The molecule has 3 aromatic heterocycles. The van der Waals surface area contributed by atoms with Crippen molar-refractivity contribution in [2.45, 2.75) is 32.7 Å². The number of nitrogens with zero attached hydrogens (tertiary/aromatic N) is 7. The summed E-state index contributed by atoms with van der Waals surface area (Å²) in [5.74, 6) is -0.00616. The second-order valence-corrected chi connectivity index (χ2v) is 8.98. The molecule has 0 saturated heterocycles. The van der Waals surface area contributed by atoms with E-state index in [0.717, 1.165) is 0 Å². The average Bonchev–Trinajstić information content (AvgIpc) is 3.47. The summed E-state index contributed by atoms with van der Waals surface area (Å²) in [6, 6.07) is 5.75. The standard InChI is InChI=1S/C27H27ClN8O3/c1-5-7-24(27(38)32-19(6-2)13-22-17(3)29-10-11-30-22)35-15-25(39-4)21(14-26(35)37)20-12-18(28)8-9-23(20)36-16-31-33-34-36/h6,8-16,24H,2,5,7H2,1,3-4H3,(H,32,38)/b19-13+. The molecule has 0 spiro atoms. The summed E-state index contributed by atoms with van der Waals surface area (Å²) in [6.07, 6.45) is 10.4. The Bertz CT molecular complexity index is 1580. The van der Waals surface area contributed by atoms with Crippen LogP contribution in [0.3, 0.4) is 0 Å². The first-order valence-electron chi connectivity index (χ1n) is 12.1. The molecule has 200 valence electrons. The van der Waals surface area contributed by atoms with Gasteiger partial charge in [0.2, 0.25) is 5.91 Å². The lowest BCUT2D eigenvalue weighted by atomic mass is 10.0. The number of hydrogen-bond donors (Lipinski definition) is 1. The number of benzene rings is 1. The van der Waals surface area contributed by atoms with Crippen LogP contribution >= 0.6 is 11.6 Å². The van der Waals surface area contributed by atoms with Crippen molar-refractivity contribution in [3.05, 3.63) is 94.3 Å².